The number of fused-ring (bicyclic) bond motifs is 2. The monoisotopic (exact) mass is 668 g/mol. The van der Waals surface area contributed by atoms with E-state index >= 15 is 0 Å². The highest BCUT2D eigenvalue weighted by molar-refractivity contribution is 7.89. The third-order valence-corrected chi connectivity index (χ3v) is 10.9. The van der Waals surface area contributed by atoms with Crippen molar-refractivity contribution in [3.8, 4) is 11.6 Å². The van der Waals surface area contributed by atoms with E-state index in [9.17, 15) is 13.2 Å². The Morgan fingerprint density at radius 3 is 2.71 bits per heavy atom. The summed E-state index contributed by atoms with van der Waals surface area (Å²) in [5, 5.41) is 8.80. The third kappa shape index (κ3) is 6.54. The highest BCUT2D eigenvalue weighted by Gasteiger charge is 2.35. The number of Topliss-reactive ketones (excluding diaryl/α,β-unsaturated/α-hetero) is 1. The predicted molar refractivity (Wildman–Crippen MR) is 182 cm³/mol. The summed E-state index contributed by atoms with van der Waals surface area (Å²) in [6, 6.07) is 15.1. The van der Waals surface area contributed by atoms with Gasteiger partial charge < -0.3 is 9.47 Å². The molecule has 0 aliphatic carbocycles. The van der Waals surface area contributed by atoms with E-state index in [0.29, 0.717) is 18.7 Å². The van der Waals surface area contributed by atoms with Gasteiger partial charge in [0, 0.05) is 44.2 Å². The largest absolute Gasteiger partial charge is 0.495 e. The number of hydrogen-bond acceptors (Lipinski definition) is 9. The molecule has 0 spiro atoms. The van der Waals surface area contributed by atoms with E-state index in [4.69, 9.17) is 9.47 Å². The number of carbonyl (C=O) groups excluding carboxylic acids is 1. The molecule has 1 aliphatic heterocycles. The number of aromatic nitrogens is 5. The molecule has 1 aliphatic rings. The molecule has 5 aromatic rings. The maximum atomic E-state index is 13.9. The van der Waals surface area contributed by atoms with Crippen LogP contribution < -0.4 is 9.47 Å². The van der Waals surface area contributed by atoms with Crippen molar-refractivity contribution in [2.45, 2.75) is 77.0 Å². The topological polar surface area (TPSA) is 129 Å². The van der Waals surface area contributed by atoms with Crippen molar-refractivity contribution >= 4 is 26.8 Å². The molecule has 0 unspecified atom stereocenters. The molecule has 12 heteroatoms. The van der Waals surface area contributed by atoms with Gasteiger partial charge in [0.2, 0.25) is 15.9 Å². The fourth-order valence-electron chi connectivity index (χ4n) is 6.35. The van der Waals surface area contributed by atoms with Crippen molar-refractivity contribution in [3.05, 3.63) is 101 Å². The van der Waals surface area contributed by atoms with Gasteiger partial charge in [-0.15, -0.1) is 5.10 Å². The number of carbonyl (C=O) groups is 1. The highest BCUT2D eigenvalue weighted by Crippen LogP contribution is 2.36. The number of aryl methyl sites for hydroxylation is 3. The Labute approximate surface area is 281 Å². The third-order valence-electron chi connectivity index (χ3n) is 9.11. The summed E-state index contributed by atoms with van der Waals surface area (Å²) < 4.78 is 42.6. The van der Waals surface area contributed by atoms with Crippen LogP contribution in [0, 0.1) is 13.8 Å². The summed E-state index contributed by atoms with van der Waals surface area (Å²) in [6.45, 7) is 9.02. The van der Waals surface area contributed by atoms with Crippen LogP contribution in [0.1, 0.15) is 66.0 Å². The number of methoxy groups -OCH3 is 1. The molecular formula is C36H40N6O5S. The molecule has 2 atom stereocenters. The van der Waals surface area contributed by atoms with Crippen molar-refractivity contribution < 1.29 is 22.7 Å². The van der Waals surface area contributed by atoms with Gasteiger partial charge >= 0.3 is 0 Å². The molecule has 3 aromatic heterocycles. The molecule has 0 amide bonds. The molecule has 11 nitrogen and oxygen atoms in total. The number of pyridine rings is 2. The maximum absolute atomic E-state index is 13.9. The lowest BCUT2D eigenvalue weighted by molar-refractivity contribution is -0.118. The van der Waals surface area contributed by atoms with Gasteiger partial charge in [-0.25, -0.2) is 18.1 Å². The van der Waals surface area contributed by atoms with E-state index in [0.717, 1.165) is 44.4 Å². The fraction of sp³-hybridized carbons (Fsp3) is 0.361. The van der Waals surface area contributed by atoms with Gasteiger partial charge in [-0.05, 0) is 84.8 Å². The first-order chi connectivity index (χ1) is 23.1. The Morgan fingerprint density at radius 2 is 1.94 bits per heavy atom. The lowest BCUT2D eigenvalue weighted by Crippen LogP contribution is -2.36. The Bertz CT molecular complexity index is 2080. The average Bonchev–Trinajstić information content (AvgIpc) is 3.48. The minimum Gasteiger partial charge on any atom is -0.495 e. The van der Waals surface area contributed by atoms with E-state index < -0.39 is 10.0 Å². The lowest BCUT2D eigenvalue weighted by atomic mass is 9.82. The van der Waals surface area contributed by atoms with Crippen molar-refractivity contribution in [1.29, 1.82) is 0 Å². The summed E-state index contributed by atoms with van der Waals surface area (Å²) in [5.41, 5.74) is 7.14. The quantitative estimate of drug-likeness (QED) is 0.178. The summed E-state index contributed by atoms with van der Waals surface area (Å²) in [5.74, 6) is 0.450. The van der Waals surface area contributed by atoms with Crippen LogP contribution in [-0.2, 0) is 34.3 Å². The van der Waals surface area contributed by atoms with Gasteiger partial charge in [0.15, 0.2) is 0 Å². The molecule has 0 bridgehead atoms. The SMILES string of the molecule is CC[C@@H]1CN(Cc2cc([C@H](CC(=O)Cc3cncc(OC)c3)c3ccc4c(nnn4CC)c3C)ccc2C)S(=O)(=O)c2cccnc2O1. The molecule has 0 saturated heterocycles. The second-order valence-corrected chi connectivity index (χ2v) is 14.1. The minimum absolute atomic E-state index is 0.0380. The number of rotatable bonds is 11. The molecule has 0 radical (unpaired) electrons. The summed E-state index contributed by atoms with van der Waals surface area (Å²) in [4.78, 5) is 22.3. The summed E-state index contributed by atoms with van der Waals surface area (Å²) >= 11 is 0. The Morgan fingerprint density at radius 1 is 1.10 bits per heavy atom. The molecule has 6 rings (SSSR count). The number of sulfonamides is 1. The zero-order valence-corrected chi connectivity index (χ0v) is 28.7. The van der Waals surface area contributed by atoms with E-state index in [1.807, 2.05) is 62.7 Å². The molecule has 2 aromatic carbocycles. The fourth-order valence-corrected chi connectivity index (χ4v) is 7.87. The smallest absolute Gasteiger partial charge is 0.248 e. The van der Waals surface area contributed by atoms with Gasteiger partial charge in [-0.2, -0.15) is 4.31 Å². The van der Waals surface area contributed by atoms with Crippen LogP contribution >= 0.6 is 0 Å². The first kappa shape index (κ1) is 33.2. The van der Waals surface area contributed by atoms with Gasteiger partial charge in [0.1, 0.15) is 28.0 Å². The van der Waals surface area contributed by atoms with Crippen LogP contribution in [0.2, 0.25) is 0 Å². The normalized spacial score (nSPS) is 16.6. The van der Waals surface area contributed by atoms with Crippen molar-refractivity contribution in [2.75, 3.05) is 13.7 Å². The van der Waals surface area contributed by atoms with Crippen molar-refractivity contribution in [2.24, 2.45) is 0 Å². The molecule has 0 saturated carbocycles. The molecule has 0 fully saturated rings. The predicted octanol–water partition coefficient (Wildman–Crippen LogP) is 5.56. The maximum Gasteiger partial charge on any atom is 0.248 e. The zero-order chi connectivity index (χ0) is 34.0. The lowest BCUT2D eigenvalue weighted by Gasteiger charge is -2.25. The number of benzene rings is 2. The number of hydrogen-bond donors (Lipinski definition) is 0. The Hall–Kier alpha value is -4.68. The zero-order valence-electron chi connectivity index (χ0n) is 27.9. The standard InChI is InChI=1S/C36H40N6O5S/c1-6-29-22-41(48(44,45)34-9-8-14-38-36(34)47-29)21-27-17-26(11-10-23(27)3)32(18-28(43)15-25-16-30(46-5)20-37-19-25)31-12-13-33-35(24(31)4)39-40-42(33)7-2/h8-14,16-17,19-20,29,32H,6-7,15,18,21-22H2,1-5H3/t29-,32+/m1/s1. The first-order valence-corrected chi connectivity index (χ1v) is 17.6. The van der Waals surface area contributed by atoms with Crippen molar-refractivity contribution in [3.63, 3.8) is 0 Å². The van der Waals surface area contributed by atoms with Gasteiger partial charge in [-0.1, -0.05) is 36.4 Å². The summed E-state index contributed by atoms with van der Waals surface area (Å²) in [6.07, 6.45) is 5.54. The van der Waals surface area contributed by atoms with Crippen LogP contribution in [0.4, 0.5) is 0 Å². The van der Waals surface area contributed by atoms with Gasteiger partial charge in [0.25, 0.3) is 0 Å². The minimum atomic E-state index is -3.90. The molecular weight excluding hydrogens is 629 g/mol. The van der Waals surface area contributed by atoms with E-state index in [2.05, 4.69) is 26.3 Å². The van der Waals surface area contributed by atoms with E-state index in [1.54, 1.807) is 37.8 Å². The average molecular weight is 669 g/mol. The summed E-state index contributed by atoms with van der Waals surface area (Å²) in [7, 11) is -2.32. The number of ether oxygens (including phenoxy) is 2. The van der Waals surface area contributed by atoms with E-state index in [-0.39, 0.29) is 54.5 Å². The van der Waals surface area contributed by atoms with Crippen molar-refractivity contribution in [1.82, 2.24) is 29.3 Å². The highest BCUT2D eigenvalue weighted by atomic mass is 32.2. The molecule has 250 valence electrons. The van der Waals surface area contributed by atoms with Gasteiger partial charge in [0.05, 0.1) is 25.4 Å². The Balaban J connectivity index is 1.39. The van der Waals surface area contributed by atoms with E-state index in [1.165, 1.54) is 4.31 Å². The molecule has 4 heterocycles. The van der Waals surface area contributed by atoms with Crippen LogP contribution in [0.5, 0.6) is 11.6 Å². The number of nitrogens with zero attached hydrogens (tertiary/aromatic N) is 6. The second kappa shape index (κ2) is 13.8. The second-order valence-electron chi connectivity index (χ2n) is 12.2. The van der Waals surface area contributed by atoms with Crippen LogP contribution in [0.3, 0.4) is 0 Å². The van der Waals surface area contributed by atoms with Crippen LogP contribution in [-0.4, -0.2) is 63.2 Å². The molecule has 48 heavy (non-hydrogen) atoms. The van der Waals surface area contributed by atoms with Crippen LogP contribution in [0.15, 0.2) is 72.0 Å². The molecule has 0 N–H and O–H groups in total. The van der Waals surface area contributed by atoms with Crippen LogP contribution in [0.25, 0.3) is 11.0 Å². The first-order valence-electron chi connectivity index (χ1n) is 16.2. The van der Waals surface area contributed by atoms with Gasteiger partial charge in [-0.3, -0.25) is 9.78 Å². The Kier molecular flexibility index (Phi) is 9.56. The number of ketones is 1.